The average Bonchev–Trinajstić information content (AvgIpc) is 2.38. The van der Waals surface area contributed by atoms with Gasteiger partial charge in [0.05, 0.1) is 36.2 Å². The molecule has 1 amide bonds. The van der Waals surface area contributed by atoms with Gasteiger partial charge in [0.15, 0.2) is 0 Å². The van der Waals surface area contributed by atoms with Crippen LogP contribution < -0.4 is 15.8 Å². The highest BCUT2D eigenvalue weighted by Crippen LogP contribution is 2.31. The van der Waals surface area contributed by atoms with E-state index in [4.69, 9.17) is 20.5 Å². The van der Waals surface area contributed by atoms with E-state index >= 15 is 0 Å². The minimum absolute atomic E-state index is 0.0388. The van der Waals surface area contributed by atoms with Crippen LogP contribution in [0.15, 0.2) is 12.1 Å². The molecule has 6 nitrogen and oxygen atoms in total. The van der Waals surface area contributed by atoms with E-state index in [1.165, 1.54) is 19.2 Å². The summed E-state index contributed by atoms with van der Waals surface area (Å²) in [5.74, 6) is 0.0108. The molecule has 0 bridgehead atoms. The predicted molar refractivity (Wildman–Crippen MR) is 71.8 cm³/mol. The number of nitrogens with zero attached hydrogens (tertiary/aromatic N) is 1. The van der Waals surface area contributed by atoms with Crippen molar-refractivity contribution in [1.82, 2.24) is 0 Å². The van der Waals surface area contributed by atoms with Crippen LogP contribution >= 0.6 is 0 Å². The summed E-state index contributed by atoms with van der Waals surface area (Å²) in [6, 6.07) is 4.98. The SMILES string of the molecule is COc1cc(C#N)cc(NC(=O)COC(C)C)c1N. The van der Waals surface area contributed by atoms with E-state index < -0.39 is 0 Å². The molecule has 0 saturated heterocycles. The van der Waals surface area contributed by atoms with Crippen LogP contribution in [0, 0.1) is 11.3 Å². The van der Waals surface area contributed by atoms with Crippen LogP contribution in [0.25, 0.3) is 0 Å². The van der Waals surface area contributed by atoms with E-state index in [0.717, 1.165) is 0 Å². The Kier molecular flexibility index (Phi) is 5.15. The maximum atomic E-state index is 11.7. The number of amides is 1. The Morgan fingerprint density at radius 2 is 2.21 bits per heavy atom. The van der Waals surface area contributed by atoms with Crippen molar-refractivity contribution in [3.8, 4) is 11.8 Å². The molecule has 3 N–H and O–H groups in total. The van der Waals surface area contributed by atoms with E-state index in [0.29, 0.717) is 17.0 Å². The summed E-state index contributed by atoms with van der Waals surface area (Å²) in [6.45, 7) is 3.60. The smallest absolute Gasteiger partial charge is 0.250 e. The van der Waals surface area contributed by atoms with Gasteiger partial charge in [-0.15, -0.1) is 0 Å². The summed E-state index contributed by atoms with van der Waals surface area (Å²) in [6.07, 6.45) is -0.0388. The van der Waals surface area contributed by atoms with Crippen molar-refractivity contribution < 1.29 is 14.3 Å². The number of benzene rings is 1. The van der Waals surface area contributed by atoms with Gasteiger partial charge in [-0.25, -0.2) is 0 Å². The molecule has 6 heteroatoms. The molecule has 0 saturated carbocycles. The topological polar surface area (TPSA) is 97.4 Å². The van der Waals surface area contributed by atoms with E-state index in [9.17, 15) is 4.79 Å². The Bertz CT molecular complexity index is 507. The first-order valence-corrected chi connectivity index (χ1v) is 5.77. The van der Waals surface area contributed by atoms with E-state index in [1.807, 2.05) is 19.9 Å². The molecular formula is C13H17N3O3. The van der Waals surface area contributed by atoms with Crippen molar-refractivity contribution in [2.24, 2.45) is 0 Å². The summed E-state index contributed by atoms with van der Waals surface area (Å²) >= 11 is 0. The molecule has 0 radical (unpaired) electrons. The first-order valence-electron chi connectivity index (χ1n) is 5.77. The number of nitrogens with two attached hydrogens (primary N) is 1. The van der Waals surface area contributed by atoms with Gasteiger partial charge in [0.2, 0.25) is 5.91 Å². The number of rotatable bonds is 5. The molecule has 0 spiro atoms. The Balaban J connectivity index is 2.88. The predicted octanol–water partition coefficient (Wildman–Crippen LogP) is 1.51. The van der Waals surface area contributed by atoms with Gasteiger partial charge < -0.3 is 20.5 Å². The quantitative estimate of drug-likeness (QED) is 0.785. The van der Waals surface area contributed by atoms with Gasteiger partial charge >= 0.3 is 0 Å². The van der Waals surface area contributed by atoms with Gasteiger partial charge in [0.1, 0.15) is 12.4 Å². The van der Waals surface area contributed by atoms with Crippen LogP contribution in [0.4, 0.5) is 11.4 Å². The third kappa shape index (κ3) is 4.16. The molecule has 0 unspecified atom stereocenters. The van der Waals surface area contributed by atoms with Crippen molar-refractivity contribution in [2.75, 3.05) is 24.8 Å². The largest absolute Gasteiger partial charge is 0.494 e. The Hall–Kier alpha value is -2.26. The summed E-state index contributed by atoms with van der Waals surface area (Å²) < 4.78 is 10.2. The number of carbonyl (C=O) groups is 1. The van der Waals surface area contributed by atoms with Crippen molar-refractivity contribution in [3.63, 3.8) is 0 Å². The first-order chi connectivity index (χ1) is 8.97. The first kappa shape index (κ1) is 14.8. The average molecular weight is 263 g/mol. The lowest BCUT2D eigenvalue weighted by atomic mass is 10.1. The molecular weight excluding hydrogens is 246 g/mol. The number of nitrogen functional groups attached to an aromatic ring is 1. The molecule has 1 rings (SSSR count). The van der Waals surface area contributed by atoms with E-state index in [1.54, 1.807) is 0 Å². The zero-order chi connectivity index (χ0) is 14.4. The van der Waals surface area contributed by atoms with Crippen LogP contribution in [0.3, 0.4) is 0 Å². The molecule has 0 aliphatic carbocycles. The lowest BCUT2D eigenvalue weighted by Gasteiger charge is -2.13. The standard InChI is InChI=1S/C13H17N3O3/c1-8(2)19-7-12(17)16-10-4-9(6-14)5-11(18-3)13(10)15/h4-5,8H,7,15H2,1-3H3,(H,16,17). The van der Waals surface area contributed by atoms with Crippen LogP contribution in [0.2, 0.25) is 0 Å². The Labute approximate surface area is 112 Å². The van der Waals surface area contributed by atoms with Gasteiger partial charge in [-0.1, -0.05) is 0 Å². The minimum atomic E-state index is -0.336. The monoisotopic (exact) mass is 263 g/mol. The number of hydrogen-bond donors (Lipinski definition) is 2. The lowest BCUT2D eigenvalue weighted by molar-refractivity contribution is -0.121. The second-order valence-electron chi connectivity index (χ2n) is 4.16. The van der Waals surface area contributed by atoms with Crippen LogP contribution in [0.1, 0.15) is 19.4 Å². The third-order valence-electron chi connectivity index (χ3n) is 2.31. The molecule has 0 atom stereocenters. The van der Waals surface area contributed by atoms with Crippen molar-refractivity contribution in [1.29, 1.82) is 5.26 Å². The zero-order valence-corrected chi connectivity index (χ0v) is 11.2. The fourth-order valence-corrected chi connectivity index (χ4v) is 1.39. The van der Waals surface area contributed by atoms with Crippen LogP contribution in [0.5, 0.6) is 5.75 Å². The third-order valence-corrected chi connectivity index (χ3v) is 2.31. The van der Waals surface area contributed by atoms with Crippen LogP contribution in [-0.2, 0) is 9.53 Å². The number of carbonyl (C=O) groups excluding carboxylic acids is 1. The fourth-order valence-electron chi connectivity index (χ4n) is 1.39. The number of anilines is 2. The van der Waals surface area contributed by atoms with E-state index in [-0.39, 0.29) is 24.3 Å². The summed E-state index contributed by atoms with van der Waals surface area (Å²) in [7, 11) is 1.44. The highest BCUT2D eigenvalue weighted by Gasteiger charge is 2.12. The highest BCUT2D eigenvalue weighted by molar-refractivity contribution is 5.96. The molecule has 0 fully saturated rings. The second-order valence-corrected chi connectivity index (χ2v) is 4.16. The molecule has 1 aromatic carbocycles. The van der Waals surface area contributed by atoms with Gasteiger partial charge in [0.25, 0.3) is 0 Å². The number of hydrogen-bond acceptors (Lipinski definition) is 5. The Morgan fingerprint density at radius 3 is 2.74 bits per heavy atom. The summed E-state index contributed by atoms with van der Waals surface area (Å²) in [4.78, 5) is 11.7. The van der Waals surface area contributed by atoms with Crippen molar-refractivity contribution >= 4 is 17.3 Å². The second kappa shape index (κ2) is 6.61. The van der Waals surface area contributed by atoms with E-state index in [2.05, 4.69) is 5.32 Å². The molecule has 19 heavy (non-hydrogen) atoms. The molecule has 0 aliphatic heterocycles. The minimum Gasteiger partial charge on any atom is -0.494 e. The lowest BCUT2D eigenvalue weighted by Crippen LogP contribution is -2.21. The normalized spacial score (nSPS) is 10.1. The Morgan fingerprint density at radius 1 is 1.53 bits per heavy atom. The molecule has 0 heterocycles. The van der Waals surface area contributed by atoms with Gasteiger partial charge in [-0.3, -0.25) is 4.79 Å². The number of nitrogens with one attached hydrogen (secondary N) is 1. The number of nitriles is 1. The fraction of sp³-hybridized carbons (Fsp3) is 0.385. The zero-order valence-electron chi connectivity index (χ0n) is 11.2. The highest BCUT2D eigenvalue weighted by atomic mass is 16.5. The molecule has 102 valence electrons. The van der Waals surface area contributed by atoms with Crippen molar-refractivity contribution in [2.45, 2.75) is 20.0 Å². The molecule has 1 aromatic rings. The maximum absolute atomic E-state index is 11.7. The summed E-state index contributed by atoms with van der Waals surface area (Å²) in [5.41, 5.74) is 6.80. The molecule has 0 aromatic heterocycles. The maximum Gasteiger partial charge on any atom is 0.250 e. The molecule has 0 aliphatic rings. The summed E-state index contributed by atoms with van der Waals surface area (Å²) in [5, 5.41) is 11.5. The van der Waals surface area contributed by atoms with Gasteiger partial charge in [-0.2, -0.15) is 5.26 Å². The number of ether oxygens (including phenoxy) is 2. The van der Waals surface area contributed by atoms with Gasteiger partial charge in [0, 0.05) is 6.07 Å². The van der Waals surface area contributed by atoms with Gasteiger partial charge in [-0.05, 0) is 19.9 Å². The van der Waals surface area contributed by atoms with Crippen molar-refractivity contribution in [3.05, 3.63) is 17.7 Å². The number of methoxy groups -OCH3 is 1. The van der Waals surface area contributed by atoms with Crippen LogP contribution in [-0.4, -0.2) is 25.7 Å².